The van der Waals surface area contributed by atoms with Gasteiger partial charge >= 0.3 is 0 Å². The van der Waals surface area contributed by atoms with Gasteiger partial charge in [0.1, 0.15) is 5.75 Å². The first-order chi connectivity index (χ1) is 11.0. The average Bonchev–Trinajstić information content (AvgIpc) is 2.49. The Bertz CT molecular complexity index is 638. The van der Waals surface area contributed by atoms with Gasteiger partial charge in [-0.05, 0) is 56.4 Å². The summed E-state index contributed by atoms with van der Waals surface area (Å²) >= 11 is 0. The van der Waals surface area contributed by atoms with Crippen LogP contribution in [0, 0.1) is 20.8 Å². The normalized spacial score (nSPS) is 10.8. The standard InChI is InChI=1S/C21H29NO/c1-5-6-7-8-9-18-10-11-19(14-20(18)23)22-21-16(3)12-15(2)13-17(21)4/h10-14,22-23H,5-9H2,1-4H3. The van der Waals surface area contributed by atoms with Gasteiger partial charge in [0.2, 0.25) is 0 Å². The van der Waals surface area contributed by atoms with Crippen LogP contribution in [0.4, 0.5) is 11.4 Å². The predicted octanol–water partition coefficient (Wildman–Crippen LogP) is 6.18. The molecule has 2 nitrogen and oxygen atoms in total. The highest BCUT2D eigenvalue weighted by atomic mass is 16.3. The average molecular weight is 311 g/mol. The smallest absolute Gasteiger partial charge is 0.120 e. The van der Waals surface area contributed by atoms with Crippen molar-refractivity contribution < 1.29 is 5.11 Å². The fourth-order valence-electron chi connectivity index (χ4n) is 3.12. The van der Waals surface area contributed by atoms with Crippen molar-refractivity contribution in [3.8, 4) is 5.75 Å². The molecule has 0 heterocycles. The lowest BCUT2D eigenvalue weighted by atomic mass is 10.0. The Kier molecular flexibility index (Phi) is 6.09. The third-order valence-electron chi connectivity index (χ3n) is 4.33. The Morgan fingerprint density at radius 2 is 1.61 bits per heavy atom. The van der Waals surface area contributed by atoms with Crippen LogP contribution < -0.4 is 5.32 Å². The minimum atomic E-state index is 0.397. The van der Waals surface area contributed by atoms with Gasteiger partial charge in [-0.15, -0.1) is 0 Å². The van der Waals surface area contributed by atoms with E-state index >= 15 is 0 Å². The first-order valence-electron chi connectivity index (χ1n) is 8.68. The zero-order valence-electron chi connectivity index (χ0n) is 14.9. The summed E-state index contributed by atoms with van der Waals surface area (Å²) < 4.78 is 0. The molecule has 0 radical (unpaired) electrons. The molecule has 0 fully saturated rings. The lowest BCUT2D eigenvalue weighted by Crippen LogP contribution is -1.97. The van der Waals surface area contributed by atoms with Gasteiger partial charge in [-0.1, -0.05) is 49.9 Å². The largest absolute Gasteiger partial charge is 0.508 e. The highest BCUT2D eigenvalue weighted by Crippen LogP contribution is 2.29. The summed E-state index contributed by atoms with van der Waals surface area (Å²) in [6, 6.07) is 10.3. The number of aromatic hydroxyl groups is 1. The summed E-state index contributed by atoms with van der Waals surface area (Å²) in [5.41, 5.74) is 6.84. The fourth-order valence-corrected chi connectivity index (χ4v) is 3.12. The molecule has 2 N–H and O–H groups in total. The summed E-state index contributed by atoms with van der Waals surface area (Å²) in [4.78, 5) is 0. The molecule has 124 valence electrons. The van der Waals surface area contributed by atoms with Crippen molar-refractivity contribution in [1.82, 2.24) is 0 Å². The van der Waals surface area contributed by atoms with Gasteiger partial charge in [-0.2, -0.15) is 0 Å². The van der Waals surface area contributed by atoms with Crippen molar-refractivity contribution in [3.63, 3.8) is 0 Å². The molecule has 23 heavy (non-hydrogen) atoms. The van der Waals surface area contributed by atoms with E-state index in [1.807, 2.05) is 12.1 Å². The summed E-state index contributed by atoms with van der Waals surface area (Å²) in [5.74, 6) is 0.397. The Morgan fingerprint density at radius 3 is 2.22 bits per heavy atom. The molecule has 0 unspecified atom stereocenters. The highest BCUT2D eigenvalue weighted by Gasteiger charge is 2.07. The predicted molar refractivity (Wildman–Crippen MR) is 99.9 cm³/mol. The maximum atomic E-state index is 10.3. The number of aryl methyl sites for hydroxylation is 4. The molecular weight excluding hydrogens is 282 g/mol. The number of hydrogen-bond donors (Lipinski definition) is 2. The summed E-state index contributed by atoms with van der Waals surface area (Å²) in [6.45, 7) is 8.56. The fraction of sp³-hybridized carbons (Fsp3) is 0.429. The molecule has 0 saturated heterocycles. The van der Waals surface area contributed by atoms with E-state index in [-0.39, 0.29) is 0 Å². The molecule has 0 bridgehead atoms. The van der Waals surface area contributed by atoms with Gasteiger partial charge in [0.15, 0.2) is 0 Å². The molecule has 0 atom stereocenters. The van der Waals surface area contributed by atoms with Crippen LogP contribution in [0.2, 0.25) is 0 Å². The third kappa shape index (κ3) is 4.75. The number of hydrogen-bond acceptors (Lipinski definition) is 2. The van der Waals surface area contributed by atoms with Gasteiger partial charge in [0.05, 0.1) is 0 Å². The van der Waals surface area contributed by atoms with E-state index in [0.29, 0.717) is 5.75 Å². The highest BCUT2D eigenvalue weighted by molar-refractivity contribution is 5.68. The monoisotopic (exact) mass is 311 g/mol. The molecule has 0 aliphatic carbocycles. The molecule has 0 aliphatic heterocycles. The Hall–Kier alpha value is -1.96. The minimum absolute atomic E-state index is 0.397. The van der Waals surface area contributed by atoms with Gasteiger partial charge < -0.3 is 10.4 Å². The van der Waals surface area contributed by atoms with E-state index < -0.39 is 0 Å². The lowest BCUT2D eigenvalue weighted by Gasteiger charge is -2.15. The SMILES string of the molecule is CCCCCCc1ccc(Nc2c(C)cc(C)cc2C)cc1O. The van der Waals surface area contributed by atoms with Crippen LogP contribution in [0.15, 0.2) is 30.3 Å². The third-order valence-corrected chi connectivity index (χ3v) is 4.33. The Morgan fingerprint density at radius 1 is 0.913 bits per heavy atom. The van der Waals surface area contributed by atoms with Crippen LogP contribution in [0.25, 0.3) is 0 Å². The van der Waals surface area contributed by atoms with Crippen LogP contribution in [-0.4, -0.2) is 5.11 Å². The molecular formula is C21H29NO. The number of anilines is 2. The number of benzene rings is 2. The molecule has 2 aromatic carbocycles. The first kappa shape index (κ1) is 17.4. The van der Waals surface area contributed by atoms with Crippen molar-refractivity contribution in [2.75, 3.05) is 5.32 Å². The van der Waals surface area contributed by atoms with Crippen molar-refractivity contribution in [2.24, 2.45) is 0 Å². The second kappa shape index (κ2) is 8.05. The lowest BCUT2D eigenvalue weighted by molar-refractivity contribution is 0.466. The molecule has 2 heteroatoms. The zero-order chi connectivity index (χ0) is 16.8. The van der Waals surface area contributed by atoms with Crippen molar-refractivity contribution in [2.45, 2.75) is 59.8 Å². The number of rotatable bonds is 7. The van der Waals surface area contributed by atoms with E-state index in [1.54, 1.807) is 0 Å². The van der Waals surface area contributed by atoms with Crippen molar-refractivity contribution in [1.29, 1.82) is 0 Å². The molecule has 0 saturated carbocycles. The maximum absolute atomic E-state index is 10.3. The van der Waals surface area contributed by atoms with Crippen LogP contribution in [-0.2, 0) is 6.42 Å². The number of nitrogens with one attached hydrogen (secondary N) is 1. The van der Waals surface area contributed by atoms with E-state index in [9.17, 15) is 5.11 Å². The quantitative estimate of drug-likeness (QED) is 0.598. The van der Waals surface area contributed by atoms with E-state index in [2.05, 4.69) is 51.2 Å². The molecule has 2 aromatic rings. The van der Waals surface area contributed by atoms with Crippen LogP contribution >= 0.6 is 0 Å². The van der Waals surface area contributed by atoms with Crippen LogP contribution in [0.3, 0.4) is 0 Å². The second-order valence-electron chi connectivity index (χ2n) is 6.55. The van der Waals surface area contributed by atoms with E-state index in [0.717, 1.165) is 29.8 Å². The number of unbranched alkanes of at least 4 members (excludes halogenated alkanes) is 3. The summed E-state index contributed by atoms with van der Waals surface area (Å²) in [5, 5.41) is 13.7. The summed E-state index contributed by atoms with van der Waals surface area (Å²) in [6.07, 6.45) is 5.84. The minimum Gasteiger partial charge on any atom is -0.508 e. The number of phenolic OH excluding ortho intramolecular Hbond substituents is 1. The maximum Gasteiger partial charge on any atom is 0.120 e. The molecule has 0 amide bonds. The zero-order valence-corrected chi connectivity index (χ0v) is 14.9. The van der Waals surface area contributed by atoms with E-state index in [1.165, 1.54) is 36.0 Å². The van der Waals surface area contributed by atoms with Gasteiger partial charge in [-0.25, -0.2) is 0 Å². The molecule has 0 spiro atoms. The van der Waals surface area contributed by atoms with Gasteiger partial charge in [-0.3, -0.25) is 0 Å². The Balaban J connectivity index is 2.09. The van der Waals surface area contributed by atoms with Crippen LogP contribution in [0.1, 0.15) is 54.9 Å². The summed E-state index contributed by atoms with van der Waals surface area (Å²) in [7, 11) is 0. The topological polar surface area (TPSA) is 32.3 Å². The molecule has 0 aromatic heterocycles. The van der Waals surface area contributed by atoms with Crippen LogP contribution in [0.5, 0.6) is 5.75 Å². The molecule has 0 aliphatic rings. The second-order valence-corrected chi connectivity index (χ2v) is 6.55. The Labute approximate surface area is 140 Å². The van der Waals surface area contributed by atoms with Gasteiger partial charge in [0.25, 0.3) is 0 Å². The number of phenols is 1. The van der Waals surface area contributed by atoms with E-state index in [4.69, 9.17) is 0 Å². The molecule has 2 rings (SSSR count). The first-order valence-corrected chi connectivity index (χ1v) is 8.68. The van der Waals surface area contributed by atoms with Crippen molar-refractivity contribution in [3.05, 3.63) is 52.6 Å². The van der Waals surface area contributed by atoms with Gasteiger partial charge in [0, 0.05) is 17.4 Å². The van der Waals surface area contributed by atoms with Crippen molar-refractivity contribution >= 4 is 11.4 Å².